The minimum Gasteiger partial charge on any atom is -0.372 e. The summed E-state index contributed by atoms with van der Waals surface area (Å²) in [5.74, 6) is 0. The third kappa shape index (κ3) is 3.53. The van der Waals surface area contributed by atoms with Gasteiger partial charge in [-0.2, -0.15) is 13.9 Å². The summed E-state index contributed by atoms with van der Waals surface area (Å²) < 4.78 is 31.1. The van der Waals surface area contributed by atoms with E-state index in [0.29, 0.717) is 14.8 Å². The summed E-state index contributed by atoms with van der Waals surface area (Å²) in [6.45, 7) is 1.56. The van der Waals surface area contributed by atoms with E-state index < -0.39 is 6.55 Å². The molecule has 6 heteroatoms. The van der Waals surface area contributed by atoms with Gasteiger partial charge in [-0.05, 0) is 29.3 Å². The number of halogens is 3. The molecule has 15 heavy (non-hydrogen) atoms. The molecule has 0 saturated carbocycles. The number of nitrogens with zero attached hydrogens (tertiary/aromatic N) is 2. The number of alkyl halides is 2. The maximum absolute atomic E-state index is 12.3. The van der Waals surface area contributed by atoms with E-state index >= 15 is 0 Å². The Labute approximate surface area is 95.5 Å². The minimum atomic E-state index is -2.61. The normalized spacial score (nSPS) is 13.5. The van der Waals surface area contributed by atoms with E-state index in [1.807, 2.05) is 13.8 Å². The van der Waals surface area contributed by atoms with Gasteiger partial charge in [-0.1, -0.05) is 6.92 Å². The largest absolute Gasteiger partial charge is 0.372 e. The van der Waals surface area contributed by atoms with E-state index in [4.69, 9.17) is 4.74 Å². The predicted octanol–water partition coefficient (Wildman–Crippen LogP) is 3.36. The van der Waals surface area contributed by atoms with Crippen molar-refractivity contribution in [2.45, 2.75) is 39.5 Å². The lowest BCUT2D eigenvalue weighted by atomic mass is 10.3. The monoisotopic (exact) mass is 282 g/mol. The molecular formula is C9H13BrF2N2O. The summed E-state index contributed by atoms with van der Waals surface area (Å²) >= 11 is 3.16. The zero-order valence-corrected chi connectivity index (χ0v) is 10.2. The van der Waals surface area contributed by atoms with Crippen molar-refractivity contribution >= 4 is 15.9 Å². The molecular weight excluding hydrogens is 270 g/mol. The van der Waals surface area contributed by atoms with E-state index in [2.05, 4.69) is 21.0 Å². The van der Waals surface area contributed by atoms with Gasteiger partial charge in [0.25, 0.3) is 0 Å². The number of ether oxygens (including phenoxy) is 1. The summed E-state index contributed by atoms with van der Waals surface area (Å²) in [4.78, 5) is 0. The Kier molecular flexibility index (Phi) is 4.66. The highest BCUT2D eigenvalue weighted by Gasteiger charge is 2.13. The van der Waals surface area contributed by atoms with Crippen molar-refractivity contribution in [3.05, 3.63) is 16.4 Å². The summed E-state index contributed by atoms with van der Waals surface area (Å²) in [7, 11) is 0. The van der Waals surface area contributed by atoms with Crippen molar-refractivity contribution in [1.82, 2.24) is 9.78 Å². The second kappa shape index (κ2) is 5.55. The Morgan fingerprint density at radius 2 is 2.27 bits per heavy atom. The maximum atomic E-state index is 12.3. The molecule has 3 nitrogen and oxygen atoms in total. The van der Waals surface area contributed by atoms with Crippen LogP contribution in [0.5, 0.6) is 0 Å². The van der Waals surface area contributed by atoms with Gasteiger partial charge in [0.15, 0.2) is 0 Å². The molecule has 1 aromatic heterocycles. The lowest BCUT2D eigenvalue weighted by Gasteiger charge is -2.08. The molecule has 0 bridgehead atoms. The lowest BCUT2D eigenvalue weighted by molar-refractivity contribution is 0.0413. The zero-order valence-electron chi connectivity index (χ0n) is 8.58. The lowest BCUT2D eigenvalue weighted by Crippen LogP contribution is -2.07. The predicted molar refractivity (Wildman–Crippen MR) is 55.7 cm³/mol. The van der Waals surface area contributed by atoms with Crippen LogP contribution >= 0.6 is 15.9 Å². The van der Waals surface area contributed by atoms with Gasteiger partial charge in [0, 0.05) is 6.20 Å². The smallest absolute Gasteiger partial charge is 0.333 e. The topological polar surface area (TPSA) is 27.1 Å². The molecule has 0 spiro atoms. The van der Waals surface area contributed by atoms with Crippen LogP contribution in [-0.2, 0) is 11.3 Å². The molecule has 1 rings (SSSR count). The first-order chi connectivity index (χ1) is 7.04. The molecule has 1 aromatic rings. The van der Waals surface area contributed by atoms with Gasteiger partial charge in [-0.25, -0.2) is 4.68 Å². The molecule has 0 N–H and O–H groups in total. The molecule has 0 aliphatic carbocycles. The molecule has 1 heterocycles. The van der Waals surface area contributed by atoms with Gasteiger partial charge in [0.2, 0.25) is 0 Å². The van der Waals surface area contributed by atoms with E-state index in [1.165, 1.54) is 6.20 Å². The van der Waals surface area contributed by atoms with Gasteiger partial charge in [0.1, 0.15) is 5.69 Å². The van der Waals surface area contributed by atoms with Gasteiger partial charge in [0.05, 0.1) is 17.2 Å². The summed E-state index contributed by atoms with van der Waals surface area (Å²) in [5.41, 5.74) is 0.496. The van der Waals surface area contributed by atoms with Crippen molar-refractivity contribution in [2.75, 3.05) is 0 Å². The van der Waals surface area contributed by atoms with Gasteiger partial charge in [-0.3, -0.25) is 0 Å². The second-order valence-corrected chi connectivity index (χ2v) is 4.07. The summed E-state index contributed by atoms with van der Waals surface area (Å²) in [5, 5.41) is 3.71. The van der Waals surface area contributed by atoms with Crippen molar-refractivity contribution in [3.63, 3.8) is 0 Å². The number of hydrogen-bond acceptors (Lipinski definition) is 2. The van der Waals surface area contributed by atoms with E-state index in [1.54, 1.807) is 0 Å². The van der Waals surface area contributed by atoms with Crippen LogP contribution in [0, 0.1) is 0 Å². The Morgan fingerprint density at radius 3 is 2.73 bits per heavy atom. The van der Waals surface area contributed by atoms with Crippen LogP contribution in [-0.4, -0.2) is 15.9 Å². The Bertz CT molecular complexity index is 317. The quantitative estimate of drug-likeness (QED) is 0.828. The van der Waals surface area contributed by atoms with Crippen LogP contribution in [0.1, 0.15) is 32.5 Å². The van der Waals surface area contributed by atoms with Crippen LogP contribution in [0.25, 0.3) is 0 Å². The molecule has 0 aromatic carbocycles. The molecule has 86 valence electrons. The standard InChI is InChI=1S/C9H13BrF2N2O/c1-3-6(2)15-5-8-7(10)4-14(13-8)9(11)12/h4,6,9H,3,5H2,1-2H3/t6-/m0/s1. The van der Waals surface area contributed by atoms with Gasteiger partial charge in [-0.15, -0.1) is 0 Å². The molecule has 0 aliphatic heterocycles. The number of rotatable bonds is 5. The summed E-state index contributed by atoms with van der Waals surface area (Å²) in [6.07, 6.45) is 2.24. The van der Waals surface area contributed by atoms with Crippen LogP contribution in [0.15, 0.2) is 10.7 Å². The molecule has 0 saturated heterocycles. The highest BCUT2D eigenvalue weighted by Crippen LogP contribution is 2.20. The van der Waals surface area contributed by atoms with Crippen molar-refractivity contribution in [1.29, 1.82) is 0 Å². The molecule has 0 unspecified atom stereocenters. The Balaban J connectivity index is 2.61. The first-order valence-corrected chi connectivity index (χ1v) is 5.47. The third-order valence-electron chi connectivity index (χ3n) is 2.04. The van der Waals surface area contributed by atoms with Crippen molar-refractivity contribution in [3.8, 4) is 0 Å². The highest BCUT2D eigenvalue weighted by molar-refractivity contribution is 9.10. The van der Waals surface area contributed by atoms with Gasteiger partial charge < -0.3 is 4.74 Å². The fourth-order valence-corrected chi connectivity index (χ4v) is 1.35. The maximum Gasteiger partial charge on any atom is 0.333 e. The third-order valence-corrected chi connectivity index (χ3v) is 2.70. The Hall–Kier alpha value is -0.490. The molecule has 1 atom stereocenters. The van der Waals surface area contributed by atoms with Gasteiger partial charge >= 0.3 is 6.55 Å². The van der Waals surface area contributed by atoms with E-state index in [0.717, 1.165) is 6.42 Å². The highest BCUT2D eigenvalue weighted by atomic mass is 79.9. The van der Waals surface area contributed by atoms with Crippen molar-refractivity contribution in [2.24, 2.45) is 0 Å². The summed E-state index contributed by atoms with van der Waals surface area (Å²) in [6, 6.07) is 0. The first-order valence-electron chi connectivity index (χ1n) is 4.67. The molecule has 0 amide bonds. The van der Waals surface area contributed by atoms with Crippen LogP contribution in [0.2, 0.25) is 0 Å². The second-order valence-electron chi connectivity index (χ2n) is 3.21. The fraction of sp³-hybridized carbons (Fsp3) is 0.667. The van der Waals surface area contributed by atoms with E-state index in [9.17, 15) is 8.78 Å². The average molecular weight is 283 g/mol. The Morgan fingerprint density at radius 1 is 1.60 bits per heavy atom. The van der Waals surface area contributed by atoms with Crippen LogP contribution < -0.4 is 0 Å². The SMILES string of the molecule is CC[C@H](C)OCc1nn(C(F)F)cc1Br. The molecule has 0 aliphatic rings. The molecule has 0 fully saturated rings. The number of aromatic nitrogens is 2. The molecule has 0 radical (unpaired) electrons. The fourth-order valence-electron chi connectivity index (χ4n) is 0.944. The first kappa shape index (κ1) is 12.6. The van der Waals surface area contributed by atoms with Crippen LogP contribution in [0.3, 0.4) is 0 Å². The minimum absolute atomic E-state index is 0.105. The van der Waals surface area contributed by atoms with Crippen molar-refractivity contribution < 1.29 is 13.5 Å². The van der Waals surface area contributed by atoms with E-state index in [-0.39, 0.29) is 12.7 Å². The van der Waals surface area contributed by atoms with Crippen LogP contribution in [0.4, 0.5) is 8.78 Å². The zero-order chi connectivity index (χ0) is 11.4. The number of hydrogen-bond donors (Lipinski definition) is 0. The average Bonchev–Trinajstić information content (AvgIpc) is 2.56.